The van der Waals surface area contributed by atoms with E-state index in [9.17, 15) is 0 Å². The molecule has 1 nitrogen and oxygen atoms in total. The minimum absolute atomic E-state index is 0.337. The second kappa shape index (κ2) is 7.09. The Labute approximate surface area is 118 Å². The van der Waals surface area contributed by atoms with Crippen molar-refractivity contribution < 1.29 is 0 Å². The second-order valence-electron chi connectivity index (χ2n) is 6.49. The van der Waals surface area contributed by atoms with Crippen LogP contribution in [0.5, 0.6) is 0 Å². The third kappa shape index (κ3) is 4.65. The SMILES string of the molecule is Cc1ccc(C)c(CC(N)CC2CCCCCC2)c1. The minimum atomic E-state index is 0.337. The summed E-state index contributed by atoms with van der Waals surface area (Å²) in [6.45, 7) is 4.37. The number of rotatable bonds is 4. The van der Waals surface area contributed by atoms with Crippen LogP contribution in [0.2, 0.25) is 0 Å². The Morgan fingerprint density at radius 2 is 1.79 bits per heavy atom. The van der Waals surface area contributed by atoms with E-state index >= 15 is 0 Å². The fourth-order valence-electron chi connectivity index (χ4n) is 3.41. The van der Waals surface area contributed by atoms with Crippen LogP contribution in [0.3, 0.4) is 0 Å². The molecule has 0 amide bonds. The second-order valence-corrected chi connectivity index (χ2v) is 6.49. The minimum Gasteiger partial charge on any atom is -0.327 e. The molecule has 0 aliphatic heterocycles. The van der Waals surface area contributed by atoms with E-state index in [-0.39, 0.29) is 0 Å². The quantitative estimate of drug-likeness (QED) is 0.790. The van der Waals surface area contributed by atoms with Gasteiger partial charge < -0.3 is 5.73 Å². The summed E-state index contributed by atoms with van der Waals surface area (Å²) in [4.78, 5) is 0. The van der Waals surface area contributed by atoms with Crippen LogP contribution in [0.1, 0.15) is 61.6 Å². The van der Waals surface area contributed by atoms with E-state index in [1.807, 2.05) is 0 Å². The molecule has 1 heteroatoms. The van der Waals surface area contributed by atoms with Gasteiger partial charge >= 0.3 is 0 Å². The Hall–Kier alpha value is -0.820. The molecular formula is C18H29N. The van der Waals surface area contributed by atoms with Gasteiger partial charge in [-0.05, 0) is 43.7 Å². The van der Waals surface area contributed by atoms with Crippen LogP contribution < -0.4 is 5.73 Å². The van der Waals surface area contributed by atoms with Gasteiger partial charge in [0.25, 0.3) is 0 Å². The van der Waals surface area contributed by atoms with Gasteiger partial charge in [0, 0.05) is 6.04 Å². The Balaban J connectivity index is 1.89. The van der Waals surface area contributed by atoms with Crippen molar-refractivity contribution in [2.45, 2.75) is 71.3 Å². The average molecular weight is 259 g/mol. The van der Waals surface area contributed by atoms with Crippen molar-refractivity contribution in [1.29, 1.82) is 0 Å². The Bertz CT molecular complexity index is 389. The van der Waals surface area contributed by atoms with E-state index in [0.29, 0.717) is 6.04 Å². The van der Waals surface area contributed by atoms with Crippen molar-refractivity contribution in [2.75, 3.05) is 0 Å². The third-order valence-electron chi connectivity index (χ3n) is 4.60. The molecule has 2 N–H and O–H groups in total. The highest BCUT2D eigenvalue weighted by Crippen LogP contribution is 2.27. The van der Waals surface area contributed by atoms with Crippen LogP contribution in [0.15, 0.2) is 18.2 Å². The summed E-state index contributed by atoms with van der Waals surface area (Å²) < 4.78 is 0. The fraction of sp³-hybridized carbons (Fsp3) is 0.667. The molecule has 1 aromatic carbocycles. The molecule has 106 valence electrons. The first-order chi connectivity index (χ1) is 9.15. The van der Waals surface area contributed by atoms with Crippen molar-refractivity contribution in [3.8, 4) is 0 Å². The van der Waals surface area contributed by atoms with Crippen LogP contribution in [0, 0.1) is 19.8 Å². The summed E-state index contributed by atoms with van der Waals surface area (Å²) >= 11 is 0. The fourth-order valence-corrected chi connectivity index (χ4v) is 3.41. The Kier molecular flexibility index (Phi) is 5.45. The molecule has 0 radical (unpaired) electrons. The highest BCUT2D eigenvalue weighted by Gasteiger charge is 2.16. The monoisotopic (exact) mass is 259 g/mol. The van der Waals surface area contributed by atoms with Gasteiger partial charge in [0.2, 0.25) is 0 Å². The highest BCUT2D eigenvalue weighted by atomic mass is 14.6. The standard InChI is InChI=1S/C18H29N/c1-14-9-10-15(2)17(11-14)13-18(19)12-16-7-5-3-4-6-8-16/h9-11,16,18H,3-8,12-13,19H2,1-2H3. The van der Waals surface area contributed by atoms with E-state index in [4.69, 9.17) is 5.73 Å². The van der Waals surface area contributed by atoms with Crippen LogP contribution in [-0.4, -0.2) is 6.04 Å². The maximum Gasteiger partial charge on any atom is 0.00820 e. The lowest BCUT2D eigenvalue weighted by Crippen LogP contribution is -2.26. The number of aryl methyl sites for hydroxylation is 2. The average Bonchev–Trinajstić information content (AvgIpc) is 2.62. The van der Waals surface area contributed by atoms with Crippen molar-refractivity contribution in [2.24, 2.45) is 11.7 Å². The van der Waals surface area contributed by atoms with Gasteiger partial charge in [-0.15, -0.1) is 0 Å². The van der Waals surface area contributed by atoms with Crippen LogP contribution in [-0.2, 0) is 6.42 Å². The Morgan fingerprint density at radius 1 is 1.11 bits per heavy atom. The predicted molar refractivity (Wildman–Crippen MR) is 83.4 cm³/mol. The zero-order valence-electron chi connectivity index (χ0n) is 12.6. The van der Waals surface area contributed by atoms with Gasteiger partial charge in [-0.25, -0.2) is 0 Å². The summed E-state index contributed by atoms with van der Waals surface area (Å²) in [5.41, 5.74) is 10.6. The van der Waals surface area contributed by atoms with Gasteiger partial charge in [0.1, 0.15) is 0 Å². The van der Waals surface area contributed by atoms with Crippen LogP contribution >= 0.6 is 0 Å². The van der Waals surface area contributed by atoms with Gasteiger partial charge in [-0.2, -0.15) is 0 Å². The topological polar surface area (TPSA) is 26.0 Å². The first kappa shape index (κ1) is 14.6. The van der Waals surface area contributed by atoms with Gasteiger partial charge in [0.05, 0.1) is 0 Å². The molecule has 1 aliphatic rings. The number of nitrogens with two attached hydrogens (primary N) is 1. The Morgan fingerprint density at radius 3 is 2.47 bits per heavy atom. The van der Waals surface area contributed by atoms with E-state index in [1.165, 1.54) is 61.6 Å². The smallest absolute Gasteiger partial charge is 0.00820 e. The van der Waals surface area contributed by atoms with E-state index in [1.54, 1.807) is 0 Å². The van der Waals surface area contributed by atoms with Crippen LogP contribution in [0.4, 0.5) is 0 Å². The maximum absolute atomic E-state index is 6.41. The first-order valence-electron chi connectivity index (χ1n) is 7.97. The van der Waals surface area contributed by atoms with E-state index in [0.717, 1.165) is 12.3 Å². The summed E-state index contributed by atoms with van der Waals surface area (Å²) in [5, 5.41) is 0. The zero-order chi connectivity index (χ0) is 13.7. The van der Waals surface area contributed by atoms with Crippen molar-refractivity contribution in [3.05, 3.63) is 34.9 Å². The molecule has 19 heavy (non-hydrogen) atoms. The summed E-state index contributed by atoms with van der Waals surface area (Å²) in [7, 11) is 0. The lowest BCUT2D eigenvalue weighted by Gasteiger charge is -2.20. The highest BCUT2D eigenvalue weighted by molar-refractivity contribution is 5.31. The van der Waals surface area contributed by atoms with Crippen molar-refractivity contribution >= 4 is 0 Å². The van der Waals surface area contributed by atoms with Crippen LogP contribution in [0.25, 0.3) is 0 Å². The summed E-state index contributed by atoms with van der Waals surface area (Å²) in [6.07, 6.45) is 10.8. The normalized spacial score (nSPS) is 19.1. The molecule has 1 aliphatic carbocycles. The molecule has 0 aromatic heterocycles. The molecule has 1 saturated carbocycles. The molecule has 0 saturated heterocycles. The van der Waals surface area contributed by atoms with Crippen molar-refractivity contribution in [3.63, 3.8) is 0 Å². The van der Waals surface area contributed by atoms with Gasteiger partial charge in [0.15, 0.2) is 0 Å². The maximum atomic E-state index is 6.41. The van der Waals surface area contributed by atoms with E-state index in [2.05, 4.69) is 32.0 Å². The largest absolute Gasteiger partial charge is 0.327 e. The molecule has 0 spiro atoms. The molecule has 2 rings (SSSR count). The lowest BCUT2D eigenvalue weighted by molar-refractivity contribution is 0.387. The van der Waals surface area contributed by atoms with E-state index < -0.39 is 0 Å². The third-order valence-corrected chi connectivity index (χ3v) is 4.60. The molecule has 0 bridgehead atoms. The van der Waals surface area contributed by atoms with Crippen molar-refractivity contribution in [1.82, 2.24) is 0 Å². The van der Waals surface area contributed by atoms with Gasteiger partial charge in [-0.1, -0.05) is 62.3 Å². The number of hydrogen-bond donors (Lipinski definition) is 1. The first-order valence-corrected chi connectivity index (χ1v) is 7.97. The molecule has 1 fully saturated rings. The zero-order valence-corrected chi connectivity index (χ0v) is 12.6. The molecule has 0 heterocycles. The molecular weight excluding hydrogens is 230 g/mol. The summed E-state index contributed by atoms with van der Waals surface area (Å²) in [6, 6.07) is 7.06. The molecule has 1 unspecified atom stereocenters. The van der Waals surface area contributed by atoms with Gasteiger partial charge in [-0.3, -0.25) is 0 Å². The summed E-state index contributed by atoms with van der Waals surface area (Å²) in [5.74, 6) is 0.877. The number of hydrogen-bond acceptors (Lipinski definition) is 1. The molecule has 1 atom stereocenters. The predicted octanol–water partition coefficient (Wildman–Crippen LogP) is 4.53. The number of benzene rings is 1. The lowest BCUT2D eigenvalue weighted by atomic mass is 9.89. The molecule has 1 aromatic rings.